The van der Waals surface area contributed by atoms with Gasteiger partial charge in [0, 0.05) is 48.2 Å². The van der Waals surface area contributed by atoms with Crippen molar-refractivity contribution in [2.45, 2.75) is 13.5 Å². The van der Waals surface area contributed by atoms with E-state index in [0.29, 0.717) is 0 Å². The van der Waals surface area contributed by atoms with Gasteiger partial charge in [-0.15, -0.1) is 11.3 Å². The zero-order valence-corrected chi connectivity index (χ0v) is 16.5. The smallest absolute Gasteiger partial charge is 0.140 e. The molecule has 0 radical (unpaired) electrons. The minimum Gasteiger partial charge on any atom is -0.496 e. The molecule has 5 nitrogen and oxygen atoms in total. The second-order valence-electron chi connectivity index (χ2n) is 6.49. The van der Waals surface area contributed by atoms with Gasteiger partial charge in [0.05, 0.1) is 12.5 Å². The maximum absolute atomic E-state index is 6.16. The summed E-state index contributed by atoms with van der Waals surface area (Å²) < 4.78 is 5.47. The molecule has 0 atom stereocenters. The van der Waals surface area contributed by atoms with E-state index >= 15 is 0 Å². The van der Waals surface area contributed by atoms with Gasteiger partial charge < -0.3 is 9.64 Å². The van der Waals surface area contributed by atoms with Crippen molar-refractivity contribution < 1.29 is 4.74 Å². The number of hydrogen-bond acceptors (Lipinski definition) is 6. The second-order valence-corrected chi connectivity index (χ2v) is 8.16. The first kappa shape index (κ1) is 17.5. The molecule has 3 heterocycles. The number of nitrogens with zero attached hydrogens (tertiary/aromatic N) is 4. The molecule has 1 aliphatic rings. The molecule has 3 aromatic rings. The SMILES string of the molecule is COc1ccc(Cl)cc1CN1CCN(c2ncnc3sc(C)cc23)CC1. The van der Waals surface area contributed by atoms with E-state index in [2.05, 4.69) is 32.8 Å². The van der Waals surface area contributed by atoms with Crippen LogP contribution in [0, 0.1) is 6.92 Å². The number of aryl methyl sites for hydroxylation is 1. The van der Waals surface area contributed by atoms with Crippen LogP contribution in [-0.4, -0.2) is 48.2 Å². The molecule has 0 bridgehead atoms. The van der Waals surface area contributed by atoms with Crippen molar-refractivity contribution in [3.63, 3.8) is 0 Å². The van der Waals surface area contributed by atoms with Gasteiger partial charge in [0.15, 0.2) is 0 Å². The van der Waals surface area contributed by atoms with Gasteiger partial charge in [-0.2, -0.15) is 0 Å². The fraction of sp³-hybridized carbons (Fsp3) is 0.368. The fourth-order valence-corrected chi connectivity index (χ4v) is 4.48. The Morgan fingerprint density at radius 2 is 1.96 bits per heavy atom. The Balaban J connectivity index is 1.47. The average Bonchev–Trinajstić information content (AvgIpc) is 3.03. The second kappa shape index (κ2) is 7.39. The van der Waals surface area contributed by atoms with Gasteiger partial charge in [0.2, 0.25) is 0 Å². The fourth-order valence-electron chi connectivity index (χ4n) is 3.44. The third kappa shape index (κ3) is 3.49. The Bertz CT molecular complexity index is 921. The lowest BCUT2D eigenvalue weighted by Crippen LogP contribution is -2.46. The Kier molecular flexibility index (Phi) is 4.98. The number of piperazine rings is 1. The molecule has 0 amide bonds. The molecule has 2 aromatic heterocycles. The number of anilines is 1. The van der Waals surface area contributed by atoms with Crippen LogP contribution in [0.4, 0.5) is 5.82 Å². The Morgan fingerprint density at radius 1 is 1.15 bits per heavy atom. The van der Waals surface area contributed by atoms with Crippen LogP contribution in [0.1, 0.15) is 10.4 Å². The molecule has 1 fully saturated rings. The number of hydrogen-bond donors (Lipinski definition) is 0. The highest BCUT2D eigenvalue weighted by Gasteiger charge is 2.21. The molecule has 0 N–H and O–H groups in total. The zero-order valence-electron chi connectivity index (χ0n) is 14.9. The van der Waals surface area contributed by atoms with E-state index in [4.69, 9.17) is 16.3 Å². The highest BCUT2D eigenvalue weighted by molar-refractivity contribution is 7.18. The third-order valence-electron chi connectivity index (χ3n) is 4.74. The molecule has 0 spiro atoms. The minimum absolute atomic E-state index is 0.746. The van der Waals surface area contributed by atoms with Crippen molar-refractivity contribution in [1.82, 2.24) is 14.9 Å². The summed E-state index contributed by atoms with van der Waals surface area (Å²) in [4.78, 5) is 16.1. The van der Waals surface area contributed by atoms with E-state index in [9.17, 15) is 0 Å². The van der Waals surface area contributed by atoms with Gasteiger partial charge in [0.1, 0.15) is 22.7 Å². The quantitative estimate of drug-likeness (QED) is 0.676. The lowest BCUT2D eigenvalue weighted by molar-refractivity contribution is 0.246. The van der Waals surface area contributed by atoms with E-state index in [1.165, 1.54) is 10.3 Å². The summed E-state index contributed by atoms with van der Waals surface area (Å²) in [6.45, 7) is 6.81. The number of ether oxygens (including phenoxy) is 1. The van der Waals surface area contributed by atoms with Crippen LogP contribution in [0.25, 0.3) is 10.2 Å². The van der Waals surface area contributed by atoms with Crippen molar-refractivity contribution in [1.29, 1.82) is 0 Å². The van der Waals surface area contributed by atoms with Crippen LogP contribution in [0.5, 0.6) is 5.75 Å². The molecule has 7 heteroatoms. The molecule has 1 aromatic carbocycles. The molecule has 1 aliphatic heterocycles. The van der Waals surface area contributed by atoms with Crippen LogP contribution in [-0.2, 0) is 6.54 Å². The minimum atomic E-state index is 0.746. The van der Waals surface area contributed by atoms with E-state index < -0.39 is 0 Å². The highest BCUT2D eigenvalue weighted by atomic mass is 35.5. The van der Waals surface area contributed by atoms with Crippen LogP contribution in [0.15, 0.2) is 30.6 Å². The molecule has 26 heavy (non-hydrogen) atoms. The highest BCUT2D eigenvalue weighted by Crippen LogP contribution is 2.30. The predicted molar refractivity (Wildman–Crippen MR) is 108 cm³/mol. The molecular formula is C19H21ClN4OS. The van der Waals surface area contributed by atoms with E-state index in [0.717, 1.165) is 59.7 Å². The number of aromatic nitrogens is 2. The van der Waals surface area contributed by atoms with Crippen LogP contribution < -0.4 is 9.64 Å². The molecule has 136 valence electrons. The van der Waals surface area contributed by atoms with Gasteiger partial charge in [-0.1, -0.05) is 11.6 Å². The zero-order chi connectivity index (χ0) is 18.1. The topological polar surface area (TPSA) is 41.5 Å². The first-order valence-electron chi connectivity index (χ1n) is 8.65. The van der Waals surface area contributed by atoms with Gasteiger partial charge in [0.25, 0.3) is 0 Å². The first-order chi connectivity index (χ1) is 12.6. The number of halogens is 1. The van der Waals surface area contributed by atoms with Gasteiger partial charge in [-0.25, -0.2) is 9.97 Å². The normalized spacial score (nSPS) is 15.6. The van der Waals surface area contributed by atoms with Crippen molar-refractivity contribution >= 4 is 39.0 Å². The third-order valence-corrected chi connectivity index (χ3v) is 5.93. The summed E-state index contributed by atoms with van der Waals surface area (Å²) in [6, 6.07) is 7.99. The van der Waals surface area contributed by atoms with E-state index in [1.807, 2.05) is 18.2 Å². The van der Waals surface area contributed by atoms with Crippen molar-refractivity contribution in [2.75, 3.05) is 38.2 Å². The lowest BCUT2D eigenvalue weighted by Gasteiger charge is -2.35. The number of methoxy groups -OCH3 is 1. The average molecular weight is 389 g/mol. The monoisotopic (exact) mass is 388 g/mol. The summed E-state index contributed by atoms with van der Waals surface area (Å²) in [5, 5.41) is 1.91. The van der Waals surface area contributed by atoms with Gasteiger partial charge >= 0.3 is 0 Å². The molecule has 0 saturated carbocycles. The summed E-state index contributed by atoms with van der Waals surface area (Å²) in [7, 11) is 1.70. The predicted octanol–water partition coefficient (Wildman–Crippen LogP) is 3.98. The number of rotatable bonds is 4. The van der Waals surface area contributed by atoms with E-state index in [-0.39, 0.29) is 0 Å². The summed E-state index contributed by atoms with van der Waals surface area (Å²) in [5.41, 5.74) is 1.13. The number of thiophene rings is 1. The lowest BCUT2D eigenvalue weighted by atomic mass is 10.1. The van der Waals surface area contributed by atoms with Crippen LogP contribution in [0.3, 0.4) is 0 Å². The molecule has 0 aliphatic carbocycles. The maximum Gasteiger partial charge on any atom is 0.140 e. The maximum atomic E-state index is 6.16. The van der Waals surface area contributed by atoms with Crippen LogP contribution in [0.2, 0.25) is 5.02 Å². The van der Waals surface area contributed by atoms with Gasteiger partial charge in [-0.3, -0.25) is 4.90 Å². The van der Waals surface area contributed by atoms with E-state index in [1.54, 1.807) is 24.8 Å². The Morgan fingerprint density at radius 3 is 2.73 bits per heavy atom. The van der Waals surface area contributed by atoms with Crippen molar-refractivity contribution in [3.8, 4) is 5.75 Å². The number of benzene rings is 1. The van der Waals surface area contributed by atoms with Crippen molar-refractivity contribution in [3.05, 3.63) is 46.1 Å². The summed E-state index contributed by atoms with van der Waals surface area (Å²) >= 11 is 7.88. The Hall–Kier alpha value is -1.89. The summed E-state index contributed by atoms with van der Waals surface area (Å²) in [6.07, 6.45) is 1.68. The van der Waals surface area contributed by atoms with Crippen LogP contribution >= 0.6 is 22.9 Å². The summed E-state index contributed by atoms with van der Waals surface area (Å²) in [5.74, 6) is 1.95. The number of fused-ring (bicyclic) bond motifs is 1. The van der Waals surface area contributed by atoms with Crippen molar-refractivity contribution in [2.24, 2.45) is 0 Å². The molecule has 0 unspecified atom stereocenters. The molecule has 4 rings (SSSR count). The first-order valence-corrected chi connectivity index (χ1v) is 9.84. The largest absolute Gasteiger partial charge is 0.496 e. The standard InChI is InChI=1S/C19H21ClN4OS/c1-13-9-16-18(21-12-22-19(16)26-13)24-7-5-23(6-8-24)11-14-10-15(20)3-4-17(14)25-2/h3-4,9-10,12H,5-8,11H2,1-2H3. The Labute approximate surface area is 162 Å². The molecule has 1 saturated heterocycles. The van der Waals surface area contributed by atoms with Gasteiger partial charge in [-0.05, 0) is 31.2 Å². The molecular weight excluding hydrogens is 368 g/mol.